The maximum absolute atomic E-state index is 13.0. The van der Waals surface area contributed by atoms with Crippen molar-refractivity contribution in [2.45, 2.75) is 6.54 Å². The number of nitrogens with one attached hydrogen (secondary N) is 1. The van der Waals surface area contributed by atoms with Crippen LogP contribution in [-0.4, -0.2) is 7.05 Å². The zero-order valence-corrected chi connectivity index (χ0v) is 6.39. The lowest BCUT2D eigenvalue weighted by molar-refractivity contribution is 0.605. The van der Waals surface area contributed by atoms with Gasteiger partial charge in [-0.25, -0.2) is 4.39 Å². The van der Waals surface area contributed by atoms with Crippen LogP contribution < -0.4 is 11.1 Å². The summed E-state index contributed by atoms with van der Waals surface area (Å²) in [5, 5.41) is 2.86. The third kappa shape index (κ3) is 1.68. The Kier molecular flexibility index (Phi) is 2.44. The van der Waals surface area contributed by atoms with Gasteiger partial charge in [-0.3, -0.25) is 0 Å². The van der Waals surface area contributed by atoms with Gasteiger partial charge < -0.3 is 11.1 Å². The van der Waals surface area contributed by atoms with Crippen LogP contribution in [0.2, 0.25) is 0 Å². The summed E-state index contributed by atoms with van der Waals surface area (Å²) >= 11 is 0. The predicted octanol–water partition coefficient (Wildman–Crippen LogP) is 1.13. The molecule has 60 valence electrons. The van der Waals surface area contributed by atoms with Crippen molar-refractivity contribution in [3.63, 3.8) is 0 Å². The lowest BCUT2D eigenvalue weighted by Crippen LogP contribution is -2.07. The molecule has 2 nitrogen and oxygen atoms in total. The highest BCUT2D eigenvalue weighted by atomic mass is 19.1. The highest BCUT2D eigenvalue weighted by Crippen LogP contribution is 2.13. The molecule has 0 aromatic heterocycles. The van der Waals surface area contributed by atoms with Gasteiger partial charge in [0.15, 0.2) is 5.82 Å². The monoisotopic (exact) mass is 154 g/mol. The van der Waals surface area contributed by atoms with E-state index in [1.54, 1.807) is 25.2 Å². The molecule has 3 heteroatoms. The van der Waals surface area contributed by atoms with Crippen molar-refractivity contribution in [3.05, 3.63) is 29.6 Å². The average molecular weight is 154 g/mol. The van der Waals surface area contributed by atoms with Crippen LogP contribution in [-0.2, 0) is 6.54 Å². The largest absolute Gasteiger partial charge is 0.396 e. The Morgan fingerprint density at radius 3 is 2.91 bits per heavy atom. The Labute approximate surface area is 65.2 Å². The molecule has 3 N–H and O–H groups in total. The number of halogens is 1. The van der Waals surface area contributed by atoms with Crippen LogP contribution in [0.25, 0.3) is 0 Å². The minimum absolute atomic E-state index is 0.206. The second kappa shape index (κ2) is 3.34. The van der Waals surface area contributed by atoms with E-state index in [1.807, 2.05) is 0 Å². The fourth-order valence-corrected chi connectivity index (χ4v) is 0.927. The molecule has 0 amide bonds. The molecule has 0 aliphatic heterocycles. The minimum Gasteiger partial charge on any atom is -0.396 e. The summed E-state index contributed by atoms with van der Waals surface area (Å²) in [6, 6.07) is 5.00. The third-order valence-electron chi connectivity index (χ3n) is 1.48. The van der Waals surface area contributed by atoms with Gasteiger partial charge in [-0.1, -0.05) is 12.1 Å². The molecule has 1 rings (SSSR count). The Hall–Kier alpha value is -1.09. The molecule has 1 aromatic carbocycles. The first kappa shape index (κ1) is 8.01. The first-order valence-electron chi connectivity index (χ1n) is 3.43. The van der Waals surface area contributed by atoms with Crippen LogP contribution in [0.3, 0.4) is 0 Å². The molecular weight excluding hydrogens is 143 g/mol. The van der Waals surface area contributed by atoms with E-state index in [1.165, 1.54) is 0 Å². The number of rotatable bonds is 2. The first-order valence-corrected chi connectivity index (χ1v) is 3.43. The third-order valence-corrected chi connectivity index (χ3v) is 1.48. The van der Waals surface area contributed by atoms with Gasteiger partial charge in [-0.15, -0.1) is 0 Å². The van der Waals surface area contributed by atoms with E-state index in [-0.39, 0.29) is 11.5 Å². The SMILES string of the molecule is CNCc1cccc(N)c1F. The van der Waals surface area contributed by atoms with Crippen molar-refractivity contribution in [1.82, 2.24) is 5.32 Å². The average Bonchev–Trinajstić information content (AvgIpc) is 1.99. The minimum atomic E-state index is -0.318. The molecule has 1 aromatic rings. The zero-order chi connectivity index (χ0) is 8.27. The molecular formula is C8H11FN2. The number of hydrogen-bond donors (Lipinski definition) is 2. The summed E-state index contributed by atoms with van der Waals surface area (Å²) in [6.45, 7) is 0.511. The van der Waals surface area contributed by atoms with Crippen molar-refractivity contribution in [1.29, 1.82) is 0 Å². The van der Waals surface area contributed by atoms with Gasteiger partial charge in [-0.05, 0) is 13.1 Å². The van der Waals surface area contributed by atoms with Crippen molar-refractivity contribution in [3.8, 4) is 0 Å². The van der Waals surface area contributed by atoms with Gasteiger partial charge >= 0.3 is 0 Å². The van der Waals surface area contributed by atoms with E-state index in [9.17, 15) is 4.39 Å². The van der Waals surface area contributed by atoms with Gasteiger partial charge in [0, 0.05) is 12.1 Å². The van der Waals surface area contributed by atoms with Crippen LogP contribution in [0.15, 0.2) is 18.2 Å². The summed E-state index contributed by atoms with van der Waals surface area (Å²) in [5.41, 5.74) is 6.16. The van der Waals surface area contributed by atoms with Crippen LogP contribution >= 0.6 is 0 Å². The maximum atomic E-state index is 13.0. The fourth-order valence-electron chi connectivity index (χ4n) is 0.927. The highest BCUT2D eigenvalue weighted by molar-refractivity contribution is 5.42. The molecule has 0 unspecified atom stereocenters. The molecule has 0 bridgehead atoms. The summed E-state index contributed by atoms with van der Waals surface area (Å²) in [5.74, 6) is -0.318. The first-order chi connectivity index (χ1) is 5.25. The van der Waals surface area contributed by atoms with Gasteiger partial charge in [-0.2, -0.15) is 0 Å². The molecule has 0 heterocycles. The molecule has 0 saturated heterocycles. The van der Waals surface area contributed by atoms with Crippen LogP contribution in [0.1, 0.15) is 5.56 Å². The van der Waals surface area contributed by atoms with E-state index in [0.29, 0.717) is 12.1 Å². The number of nitrogens with two attached hydrogens (primary N) is 1. The summed E-state index contributed by atoms with van der Waals surface area (Å²) in [7, 11) is 1.77. The number of nitrogen functional groups attached to an aromatic ring is 1. The van der Waals surface area contributed by atoms with Gasteiger partial charge in [0.25, 0.3) is 0 Å². The van der Waals surface area contributed by atoms with Gasteiger partial charge in [0.05, 0.1) is 5.69 Å². The van der Waals surface area contributed by atoms with E-state index in [0.717, 1.165) is 0 Å². The Bertz CT molecular complexity index is 248. The van der Waals surface area contributed by atoms with Crippen LogP contribution in [0, 0.1) is 5.82 Å². The molecule has 11 heavy (non-hydrogen) atoms. The van der Waals surface area contributed by atoms with Crippen molar-refractivity contribution in [2.24, 2.45) is 0 Å². The highest BCUT2D eigenvalue weighted by Gasteiger charge is 2.02. The second-order valence-corrected chi connectivity index (χ2v) is 2.35. The zero-order valence-electron chi connectivity index (χ0n) is 6.39. The Balaban J connectivity index is 2.96. The standard InChI is InChI=1S/C8H11FN2/c1-11-5-6-3-2-4-7(10)8(6)9/h2-4,11H,5,10H2,1H3. The van der Waals surface area contributed by atoms with E-state index in [2.05, 4.69) is 5.32 Å². The molecule has 0 radical (unpaired) electrons. The summed E-state index contributed by atoms with van der Waals surface area (Å²) < 4.78 is 13.0. The van der Waals surface area contributed by atoms with Crippen molar-refractivity contribution in [2.75, 3.05) is 12.8 Å². The predicted molar refractivity (Wildman–Crippen MR) is 43.6 cm³/mol. The smallest absolute Gasteiger partial charge is 0.150 e. The lowest BCUT2D eigenvalue weighted by atomic mass is 10.2. The number of benzene rings is 1. The molecule has 0 aliphatic rings. The molecule has 0 saturated carbocycles. The van der Waals surface area contributed by atoms with Crippen molar-refractivity contribution >= 4 is 5.69 Å². The molecule has 0 atom stereocenters. The van der Waals surface area contributed by atoms with Crippen LogP contribution in [0.5, 0.6) is 0 Å². The van der Waals surface area contributed by atoms with Crippen LogP contribution in [0.4, 0.5) is 10.1 Å². The number of anilines is 1. The summed E-state index contributed by atoms with van der Waals surface area (Å²) in [4.78, 5) is 0. The van der Waals surface area contributed by atoms with Gasteiger partial charge in [0.1, 0.15) is 0 Å². The Morgan fingerprint density at radius 2 is 2.27 bits per heavy atom. The molecule has 0 aliphatic carbocycles. The van der Waals surface area contributed by atoms with E-state index in [4.69, 9.17) is 5.73 Å². The molecule has 0 fully saturated rings. The topological polar surface area (TPSA) is 38.0 Å². The van der Waals surface area contributed by atoms with Gasteiger partial charge in [0.2, 0.25) is 0 Å². The van der Waals surface area contributed by atoms with Crippen molar-refractivity contribution < 1.29 is 4.39 Å². The number of hydrogen-bond acceptors (Lipinski definition) is 2. The normalized spacial score (nSPS) is 10.0. The maximum Gasteiger partial charge on any atom is 0.150 e. The quantitative estimate of drug-likeness (QED) is 0.626. The molecule has 0 spiro atoms. The van der Waals surface area contributed by atoms with E-state index >= 15 is 0 Å². The second-order valence-electron chi connectivity index (χ2n) is 2.35. The fraction of sp³-hybridized carbons (Fsp3) is 0.250. The lowest BCUT2D eigenvalue weighted by Gasteiger charge is -2.03. The summed E-state index contributed by atoms with van der Waals surface area (Å²) in [6.07, 6.45) is 0. The Morgan fingerprint density at radius 1 is 1.55 bits per heavy atom. The van der Waals surface area contributed by atoms with E-state index < -0.39 is 0 Å².